The average molecular weight is 550 g/mol. The van der Waals surface area contributed by atoms with Crippen LogP contribution in [0.15, 0.2) is 109 Å². The van der Waals surface area contributed by atoms with Crippen molar-refractivity contribution in [2.24, 2.45) is 0 Å². The Morgan fingerprint density at radius 3 is 1.26 bits per heavy atom. The van der Waals surface area contributed by atoms with Crippen molar-refractivity contribution in [1.29, 1.82) is 0 Å². The van der Waals surface area contributed by atoms with E-state index in [2.05, 4.69) is 98.1 Å². The number of carboxylic acid groups (broad SMARTS) is 2. The molecule has 0 spiro atoms. The first-order valence-electron chi connectivity index (χ1n) is 12.1. The van der Waals surface area contributed by atoms with Crippen LogP contribution in [0, 0.1) is 12.1 Å². The van der Waals surface area contributed by atoms with E-state index in [1.54, 1.807) is 0 Å². The molecule has 0 radical (unpaired) electrons. The standard InChI is InChI=1S/2C13H9.2C4H6O2.Ti/c2*1-3-7-12-10(5-1)9-11-6-2-4-8-13(11)12;2*1-3(2)4(5)6;/h2*1-5,7-8H,9H2;2*1H2,2H3,(H,5,6);/q2*-1;;;+2. The SMILES string of the molecule is C=C(C)C(=O)O.C=C(C)C(=O)O.[Ti+2].[c-]1cccc2c1Cc1ccccc1-2.[c-]1cccc2c1Cc1ccccc1-2. The van der Waals surface area contributed by atoms with Crippen LogP contribution in [0.2, 0.25) is 0 Å². The molecule has 5 heteroatoms. The van der Waals surface area contributed by atoms with Gasteiger partial charge in [-0.15, -0.1) is 11.1 Å². The van der Waals surface area contributed by atoms with Crippen molar-refractivity contribution in [2.75, 3.05) is 0 Å². The molecule has 39 heavy (non-hydrogen) atoms. The van der Waals surface area contributed by atoms with Gasteiger partial charge < -0.3 is 10.2 Å². The molecule has 4 aromatic rings. The fourth-order valence-electron chi connectivity index (χ4n) is 4.00. The molecule has 0 aliphatic heterocycles. The number of benzene rings is 4. The van der Waals surface area contributed by atoms with Gasteiger partial charge in [0, 0.05) is 11.1 Å². The molecule has 0 unspecified atom stereocenters. The second-order valence-electron chi connectivity index (χ2n) is 8.96. The summed E-state index contributed by atoms with van der Waals surface area (Å²) in [4.78, 5) is 19.2. The Kier molecular flexibility index (Phi) is 11.9. The van der Waals surface area contributed by atoms with Crippen LogP contribution in [-0.2, 0) is 44.1 Å². The topological polar surface area (TPSA) is 74.6 Å². The molecule has 0 saturated carbocycles. The van der Waals surface area contributed by atoms with Crippen molar-refractivity contribution in [2.45, 2.75) is 26.7 Å². The number of aliphatic carboxylic acids is 2. The fraction of sp³-hybridized carbons (Fsp3) is 0.118. The molecule has 2 aliphatic carbocycles. The van der Waals surface area contributed by atoms with E-state index in [0.717, 1.165) is 12.8 Å². The van der Waals surface area contributed by atoms with Crippen molar-refractivity contribution < 1.29 is 41.5 Å². The molecule has 2 aliphatic rings. The Morgan fingerprint density at radius 1 is 0.615 bits per heavy atom. The summed E-state index contributed by atoms with van der Waals surface area (Å²) in [7, 11) is 0. The van der Waals surface area contributed by atoms with Gasteiger partial charge in [0.25, 0.3) is 0 Å². The van der Waals surface area contributed by atoms with Crippen LogP contribution >= 0.6 is 0 Å². The summed E-state index contributed by atoms with van der Waals surface area (Å²) < 4.78 is 0. The smallest absolute Gasteiger partial charge is 0.478 e. The zero-order chi connectivity index (χ0) is 27.7. The Hall–Kier alpha value is -3.99. The number of rotatable bonds is 2. The molecule has 4 nitrogen and oxygen atoms in total. The van der Waals surface area contributed by atoms with Crippen LogP contribution in [0.5, 0.6) is 0 Å². The van der Waals surface area contributed by atoms with E-state index in [1.165, 1.54) is 58.4 Å². The summed E-state index contributed by atoms with van der Waals surface area (Å²) in [5.41, 5.74) is 11.4. The molecular formula is C34H30O4Ti. The Labute approximate surface area is 245 Å². The molecule has 2 N–H and O–H groups in total. The molecule has 194 valence electrons. The quantitative estimate of drug-likeness (QED) is 0.134. The maximum atomic E-state index is 9.60. The number of hydrogen-bond acceptors (Lipinski definition) is 2. The third-order valence-electron chi connectivity index (χ3n) is 5.96. The maximum absolute atomic E-state index is 9.60. The fourth-order valence-corrected chi connectivity index (χ4v) is 4.00. The predicted octanol–water partition coefficient (Wildman–Crippen LogP) is 7.41. The van der Waals surface area contributed by atoms with Crippen molar-refractivity contribution in [3.63, 3.8) is 0 Å². The summed E-state index contributed by atoms with van der Waals surface area (Å²) in [6.07, 6.45) is 2.10. The minimum Gasteiger partial charge on any atom is -0.478 e. The minimum atomic E-state index is -0.935. The van der Waals surface area contributed by atoms with Gasteiger partial charge in [-0.25, -0.2) is 9.59 Å². The average Bonchev–Trinajstić information content (AvgIpc) is 3.48. The molecule has 4 aromatic carbocycles. The van der Waals surface area contributed by atoms with Crippen LogP contribution in [0.1, 0.15) is 36.1 Å². The van der Waals surface area contributed by atoms with Crippen LogP contribution < -0.4 is 0 Å². The summed E-state index contributed by atoms with van der Waals surface area (Å²) in [6.45, 7) is 9.20. The molecule has 0 bridgehead atoms. The molecule has 0 atom stereocenters. The first-order valence-corrected chi connectivity index (χ1v) is 12.1. The number of hydrogen-bond donors (Lipinski definition) is 2. The van der Waals surface area contributed by atoms with Gasteiger partial charge in [-0.1, -0.05) is 83.9 Å². The van der Waals surface area contributed by atoms with Gasteiger partial charge in [0.2, 0.25) is 0 Å². The van der Waals surface area contributed by atoms with Gasteiger partial charge in [0.1, 0.15) is 0 Å². The van der Waals surface area contributed by atoms with Crippen molar-refractivity contribution in [1.82, 2.24) is 0 Å². The van der Waals surface area contributed by atoms with Gasteiger partial charge in [-0.2, -0.15) is 59.7 Å². The van der Waals surface area contributed by atoms with Crippen LogP contribution in [0.3, 0.4) is 0 Å². The Morgan fingerprint density at radius 2 is 0.923 bits per heavy atom. The monoisotopic (exact) mass is 550 g/mol. The molecule has 0 aromatic heterocycles. The largest absolute Gasteiger partial charge is 2.00 e. The zero-order valence-electron chi connectivity index (χ0n) is 22.1. The van der Waals surface area contributed by atoms with Crippen LogP contribution in [-0.4, -0.2) is 22.2 Å². The van der Waals surface area contributed by atoms with Gasteiger partial charge in [0.05, 0.1) is 0 Å². The normalized spacial score (nSPS) is 10.5. The second-order valence-corrected chi connectivity index (χ2v) is 8.96. The molecule has 0 amide bonds. The van der Waals surface area contributed by atoms with E-state index in [4.69, 9.17) is 10.2 Å². The van der Waals surface area contributed by atoms with Crippen LogP contribution in [0.4, 0.5) is 0 Å². The predicted molar refractivity (Wildman–Crippen MR) is 152 cm³/mol. The molecule has 6 rings (SSSR count). The molecule has 0 saturated heterocycles. The third kappa shape index (κ3) is 8.51. The van der Waals surface area contributed by atoms with Gasteiger partial charge in [-0.05, 0) is 26.7 Å². The first kappa shape index (κ1) is 31.2. The molecule has 0 heterocycles. The van der Waals surface area contributed by atoms with Crippen molar-refractivity contribution >= 4 is 11.9 Å². The van der Waals surface area contributed by atoms with Crippen molar-refractivity contribution in [3.8, 4) is 22.3 Å². The summed E-state index contributed by atoms with van der Waals surface area (Å²) in [6, 6.07) is 36.2. The van der Waals surface area contributed by atoms with Crippen LogP contribution in [0.25, 0.3) is 22.3 Å². The number of carboxylic acids is 2. The maximum Gasteiger partial charge on any atom is 2.00 e. The Bertz CT molecular complexity index is 1260. The first-order chi connectivity index (χ1) is 18.2. The van der Waals surface area contributed by atoms with E-state index < -0.39 is 11.9 Å². The number of fused-ring (bicyclic) bond motifs is 6. The Balaban J connectivity index is 0.000000194. The summed E-state index contributed by atoms with van der Waals surface area (Å²) in [5.74, 6) is -1.87. The molecule has 0 fully saturated rings. The molecular weight excluding hydrogens is 520 g/mol. The van der Waals surface area contributed by atoms with E-state index in [-0.39, 0.29) is 32.9 Å². The van der Waals surface area contributed by atoms with E-state index >= 15 is 0 Å². The summed E-state index contributed by atoms with van der Waals surface area (Å²) in [5, 5.41) is 15.8. The minimum absolute atomic E-state index is 0. The van der Waals surface area contributed by atoms with Gasteiger partial charge in [-0.3, -0.25) is 0 Å². The van der Waals surface area contributed by atoms with E-state index in [9.17, 15) is 9.59 Å². The van der Waals surface area contributed by atoms with E-state index in [0.29, 0.717) is 0 Å². The van der Waals surface area contributed by atoms with Gasteiger partial charge >= 0.3 is 33.7 Å². The van der Waals surface area contributed by atoms with Crippen molar-refractivity contribution in [3.05, 3.63) is 144 Å². The summed E-state index contributed by atoms with van der Waals surface area (Å²) >= 11 is 0. The second kappa shape index (κ2) is 14.8. The van der Waals surface area contributed by atoms with E-state index in [1.807, 2.05) is 12.1 Å². The number of carbonyl (C=O) groups is 2. The van der Waals surface area contributed by atoms with Gasteiger partial charge in [0.15, 0.2) is 0 Å². The third-order valence-corrected chi connectivity index (χ3v) is 5.96. The zero-order valence-corrected chi connectivity index (χ0v) is 23.7.